The number of benzene rings is 3. The van der Waals surface area contributed by atoms with Gasteiger partial charge >= 0.3 is 12.1 Å². The third-order valence-corrected chi connectivity index (χ3v) is 6.94. The molecule has 0 N–H and O–H groups in total. The van der Waals surface area contributed by atoms with E-state index in [1.807, 2.05) is 50.2 Å². The van der Waals surface area contributed by atoms with Crippen molar-refractivity contribution in [1.82, 2.24) is 0 Å². The second-order valence-corrected chi connectivity index (χ2v) is 10.3. The molecule has 8 heteroatoms. The monoisotopic (exact) mass is 576 g/mol. The third kappa shape index (κ3) is 8.26. The Morgan fingerprint density at radius 3 is 2.34 bits per heavy atom. The second-order valence-electron chi connectivity index (χ2n) is 9.04. The Kier molecular flexibility index (Phi) is 9.53. The molecule has 4 nitrogen and oxygen atoms in total. The van der Waals surface area contributed by atoms with E-state index < -0.39 is 17.7 Å². The minimum atomic E-state index is -4.47. The number of halogens is 3. The highest BCUT2D eigenvalue weighted by Crippen LogP contribution is 2.33. The number of rotatable bonds is 8. The maximum Gasteiger partial charge on any atom is 0.416 e. The Morgan fingerprint density at radius 1 is 0.902 bits per heavy atom. The van der Waals surface area contributed by atoms with Gasteiger partial charge in [0.2, 0.25) is 0 Å². The van der Waals surface area contributed by atoms with Crippen LogP contribution in [0.2, 0.25) is 0 Å². The molecule has 0 bridgehead atoms. The van der Waals surface area contributed by atoms with Crippen LogP contribution in [0.4, 0.5) is 13.2 Å². The van der Waals surface area contributed by atoms with Crippen molar-refractivity contribution < 1.29 is 32.2 Å². The molecule has 0 aliphatic rings. The lowest BCUT2D eigenvalue weighted by Gasteiger charge is -2.14. The zero-order chi connectivity index (χ0) is 29.4. The normalized spacial score (nSPS) is 11.4. The van der Waals surface area contributed by atoms with Crippen molar-refractivity contribution >= 4 is 22.9 Å². The van der Waals surface area contributed by atoms with Crippen molar-refractivity contribution in [2.24, 2.45) is 0 Å². The van der Waals surface area contributed by atoms with Crippen LogP contribution in [0.1, 0.15) is 37.6 Å². The molecule has 0 aliphatic heterocycles. The van der Waals surface area contributed by atoms with Crippen molar-refractivity contribution in [3.8, 4) is 23.3 Å². The molecule has 0 radical (unpaired) electrons. The molecule has 1 aromatic heterocycles. The van der Waals surface area contributed by atoms with E-state index in [1.54, 1.807) is 41.7 Å². The number of thiophene rings is 1. The van der Waals surface area contributed by atoms with Crippen LogP contribution < -0.4 is 9.47 Å². The van der Waals surface area contributed by atoms with E-state index in [4.69, 9.17) is 9.47 Å². The summed E-state index contributed by atoms with van der Waals surface area (Å²) < 4.78 is 56.4. The van der Waals surface area contributed by atoms with Crippen LogP contribution in [0.5, 0.6) is 11.5 Å². The molecule has 0 spiro atoms. The molecule has 4 rings (SSSR count). The number of hydrogen-bond donors (Lipinski definition) is 0. The van der Waals surface area contributed by atoms with E-state index in [1.165, 1.54) is 18.1 Å². The van der Waals surface area contributed by atoms with Gasteiger partial charge in [0.25, 0.3) is 0 Å². The zero-order valence-corrected chi connectivity index (χ0v) is 23.5. The molecule has 0 unspecified atom stereocenters. The first-order valence-corrected chi connectivity index (χ1v) is 13.4. The van der Waals surface area contributed by atoms with Crippen LogP contribution in [0.25, 0.3) is 5.57 Å². The first kappa shape index (κ1) is 29.5. The van der Waals surface area contributed by atoms with E-state index in [9.17, 15) is 18.0 Å². The summed E-state index contributed by atoms with van der Waals surface area (Å²) in [5.41, 5.74) is 2.56. The van der Waals surface area contributed by atoms with E-state index in [0.29, 0.717) is 22.6 Å². The Balaban J connectivity index is 1.57. The maximum absolute atomic E-state index is 13.5. The van der Waals surface area contributed by atoms with E-state index in [2.05, 4.69) is 16.6 Å². The van der Waals surface area contributed by atoms with Crippen molar-refractivity contribution in [2.45, 2.75) is 20.0 Å². The van der Waals surface area contributed by atoms with Gasteiger partial charge in [-0.2, -0.15) is 13.2 Å². The first-order valence-electron chi connectivity index (χ1n) is 12.6. The Morgan fingerprint density at radius 2 is 1.68 bits per heavy atom. The topological polar surface area (TPSA) is 44.8 Å². The molecule has 0 amide bonds. The van der Waals surface area contributed by atoms with Gasteiger partial charge in [-0.25, -0.2) is 4.79 Å². The Bertz CT molecular complexity index is 1610. The van der Waals surface area contributed by atoms with Gasteiger partial charge in [-0.1, -0.05) is 36.1 Å². The molecule has 0 saturated carbocycles. The van der Waals surface area contributed by atoms with Crippen LogP contribution in [-0.4, -0.2) is 26.3 Å². The fourth-order valence-corrected chi connectivity index (χ4v) is 4.65. The average Bonchev–Trinajstić information content (AvgIpc) is 3.38. The summed E-state index contributed by atoms with van der Waals surface area (Å²) in [6.45, 7) is 3.73. The number of esters is 1. The summed E-state index contributed by atoms with van der Waals surface area (Å²) in [4.78, 5) is 13.5. The molecule has 1 heterocycles. The molecular formula is C33H27F3O4S. The summed E-state index contributed by atoms with van der Waals surface area (Å²) in [7, 11) is 1.28. The fourth-order valence-electron chi connectivity index (χ4n) is 3.92. The van der Waals surface area contributed by atoms with Crippen molar-refractivity contribution in [3.05, 3.63) is 123 Å². The smallest absolute Gasteiger partial charge is 0.416 e. The third-order valence-electron chi connectivity index (χ3n) is 6.02. The van der Waals surface area contributed by atoms with E-state index in [0.717, 1.165) is 33.7 Å². The molecule has 4 aromatic rings. The van der Waals surface area contributed by atoms with Crippen molar-refractivity contribution in [3.63, 3.8) is 0 Å². The number of hydrogen-bond acceptors (Lipinski definition) is 5. The highest BCUT2D eigenvalue weighted by atomic mass is 32.1. The van der Waals surface area contributed by atoms with Gasteiger partial charge in [-0.3, -0.25) is 0 Å². The van der Waals surface area contributed by atoms with Gasteiger partial charge in [0.1, 0.15) is 18.1 Å². The van der Waals surface area contributed by atoms with Crippen LogP contribution in [0.15, 0.2) is 84.9 Å². The predicted molar refractivity (Wildman–Crippen MR) is 154 cm³/mol. The number of ether oxygens (including phenoxy) is 3. The van der Waals surface area contributed by atoms with Crippen LogP contribution >= 0.6 is 11.3 Å². The summed E-state index contributed by atoms with van der Waals surface area (Å²) in [6, 6.07) is 21.7. The minimum absolute atomic E-state index is 0.104. The highest BCUT2D eigenvalue weighted by Gasteiger charge is 2.30. The second kappa shape index (κ2) is 13.2. The maximum atomic E-state index is 13.5. The standard InChI is InChI=1S/C33H27F3O4S/c1-22-19-28(13-16-31(22)40-21-32(37)38-3)39-18-17-30(26-5-4-6-27(20-26)33(34,35)36)25-11-8-24(9-12-25)10-15-29-14-7-23(2)41-29/h4-9,11-14,16-17,19-20H,18,21H2,1-3H3/b30-17+. The first-order chi connectivity index (χ1) is 19.6. The fraction of sp³-hybridized carbons (Fsp3) is 0.182. The van der Waals surface area contributed by atoms with Gasteiger partial charge < -0.3 is 14.2 Å². The SMILES string of the molecule is COC(=O)COc1ccc(OC/C=C(\c2ccc(C#Cc3ccc(C)s3)cc2)c2cccc(C(F)(F)F)c2)cc1C. The lowest BCUT2D eigenvalue weighted by Crippen LogP contribution is -2.13. The van der Waals surface area contributed by atoms with Crippen LogP contribution in [0, 0.1) is 25.7 Å². The number of carbonyl (C=O) groups is 1. The molecule has 0 atom stereocenters. The van der Waals surface area contributed by atoms with Crippen LogP contribution in [-0.2, 0) is 15.7 Å². The van der Waals surface area contributed by atoms with E-state index >= 15 is 0 Å². The quantitative estimate of drug-likeness (QED) is 0.158. The van der Waals surface area contributed by atoms with Gasteiger partial charge in [0, 0.05) is 10.4 Å². The van der Waals surface area contributed by atoms with E-state index in [-0.39, 0.29) is 13.2 Å². The van der Waals surface area contributed by atoms with Crippen molar-refractivity contribution in [2.75, 3.05) is 20.3 Å². The molecule has 41 heavy (non-hydrogen) atoms. The number of methoxy groups -OCH3 is 1. The molecule has 210 valence electrons. The molecule has 0 fully saturated rings. The Labute approximate surface area is 241 Å². The molecular weight excluding hydrogens is 549 g/mol. The van der Waals surface area contributed by atoms with Gasteiger partial charge in [0.05, 0.1) is 17.6 Å². The Hall–Kier alpha value is -4.48. The lowest BCUT2D eigenvalue weighted by atomic mass is 9.95. The average molecular weight is 577 g/mol. The number of carbonyl (C=O) groups excluding carboxylic acids is 1. The summed E-state index contributed by atoms with van der Waals surface area (Å²) in [6.07, 6.45) is -2.71. The molecule has 0 aliphatic carbocycles. The van der Waals surface area contributed by atoms with Crippen molar-refractivity contribution in [1.29, 1.82) is 0 Å². The minimum Gasteiger partial charge on any atom is -0.489 e. The van der Waals surface area contributed by atoms with Gasteiger partial charge in [0.15, 0.2) is 6.61 Å². The largest absolute Gasteiger partial charge is 0.489 e. The lowest BCUT2D eigenvalue weighted by molar-refractivity contribution is -0.143. The molecule has 0 saturated heterocycles. The predicted octanol–water partition coefficient (Wildman–Crippen LogP) is 7.85. The number of aryl methyl sites for hydroxylation is 2. The van der Waals surface area contributed by atoms with Gasteiger partial charge in [-0.05, 0) is 96.8 Å². The van der Waals surface area contributed by atoms with Crippen LogP contribution in [0.3, 0.4) is 0 Å². The summed E-state index contributed by atoms with van der Waals surface area (Å²) >= 11 is 1.61. The summed E-state index contributed by atoms with van der Waals surface area (Å²) in [5, 5.41) is 0. The van der Waals surface area contributed by atoms with Gasteiger partial charge in [-0.15, -0.1) is 11.3 Å². The zero-order valence-electron chi connectivity index (χ0n) is 22.7. The number of alkyl halides is 3. The summed E-state index contributed by atoms with van der Waals surface area (Å²) in [5.74, 6) is 6.84. The molecule has 3 aromatic carbocycles. The highest BCUT2D eigenvalue weighted by molar-refractivity contribution is 7.12.